The SMILES string of the molecule is CS(=O)(=O)c1ccc(OCC(O)CNC2COC3(CCN(S(=O)(=O)c4ccc5ccccc5c4)CC3)C2)cc1. The van der Waals surface area contributed by atoms with E-state index in [1.54, 1.807) is 28.6 Å². The highest BCUT2D eigenvalue weighted by atomic mass is 32.2. The third kappa shape index (κ3) is 6.45. The van der Waals surface area contributed by atoms with Crippen molar-refractivity contribution in [2.45, 2.75) is 46.8 Å². The summed E-state index contributed by atoms with van der Waals surface area (Å²) in [7, 11) is -6.86. The van der Waals surface area contributed by atoms with E-state index in [2.05, 4.69) is 5.32 Å². The summed E-state index contributed by atoms with van der Waals surface area (Å²) < 4.78 is 63.1. The van der Waals surface area contributed by atoms with Crippen LogP contribution in [0.5, 0.6) is 5.75 Å². The van der Waals surface area contributed by atoms with Gasteiger partial charge in [-0.1, -0.05) is 30.3 Å². The summed E-state index contributed by atoms with van der Waals surface area (Å²) in [6, 6.07) is 19.1. The highest BCUT2D eigenvalue weighted by molar-refractivity contribution is 7.90. The number of benzene rings is 3. The fourth-order valence-electron chi connectivity index (χ4n) is 5.27. The lowest BCUT2D eigenvalue weighted by Gasteiger charge is -2.38. The van der Waals surface area contributed by atoms with E-state index in [-0.39, 0.29) is 23.1 Å². The van der Waals surface area contributed by atoms with Crippen molar-refractivity contribution < 1.29 is 31.4 Å². The Kier molecular flexibility index (Phi) is 8.01. The molecule has 0 aromatic heterocycles. The summed E-state index contributed by atoms with van der Waals surface area (Å²) in [5, 5.41) is 15.6. The number of piperidine rings is 1. The number of aliphatic hydroxyl groups is 1. The number of hydrogen-bond donors (Lipinski definition) is 2. The van der Waals surface area contributed by atoms with Gasteiger partial charge >= 0.3 is 0 Å². The van der Waals surface area contributed by atoms with Gasteiger partial charge in [0.1, 0.15) is 18.5 Å². The molecule has 2 aliphatic heterocycles. The maximum absolute atomic E-state index is 13.3. The maximum Gasteiger partial charge on any atom is 0.243 e. The first-order valence-electron chi connectivity index (χ1n) is 13.0. The van der Waals surface area contributed by atoms with Crippen LogP contribution in [0.4, 0.5) is 0 Å². The zero-order chi connectivity index (χ0) is 27.7. The molecule has 2 N–H and O–H groups in total. The molecular formula is C28H34N2O7S2. The lowest BCUT2D eigenvalue weighted by Crippen LogP contribution is -2.47. The summed E-state index contributed by atoms with van der Waals surface area (Å²) in [5.74, 6) is 0.481. The first-order valence-corrected chi connectivity index (χ1v) is 16.3. The van der Waals surface area contributed by atoms with Gasteiger partial charge in [-0.2, -0.15) is 4.31 Å². The number of sulfonamides is 1. The number of hydrogen-bond acceptors (Lipinski definition) is 8. The van der Waals surface area contributed by atoms with E-state index < -0.39 is 26.0 Å². The molecule has 0 saturated carbocycles. The smallest absolute Gasteiger partial charge is 0.243 e. The summed E-state index contributed by atoms with van der Waals surface area (Å²) >= 11 is 0. The zero-order valence-electron chi connectivity index (χ0n) is 21.8. The molecule has 1 spiro atoms. The van der Waals surface area contributed by atoms with Crippen molar-refractivity contribution in [3.63, 3.8) is 0 Å². The number of rotatable bonds is 9. The fourth-order valence-corrected chi connectivity index (χ4v) is 7.38. The van der Waals surface area contributed by atoms with E-state index in [0.29, 0.717) is 49.7 Å². The van der Waals surface area contributed by atoms with Gasteiger partial charge in [0.2, 0.25) is 10.0 Å². The summed E-state index contributed by atoms with van der Waals surface area (Å²) in [6.45, 7) is 1.67. The second-order valence-corrected chi connectivity index (χ2v) is 14.4. The van der Waals surface area contributed by atoms with Crippen LogP contribution in [0, 0.1) is 0 Å². The molecule has 0 radical (unpaired) electrons. The minimum absolute atomic E-state index is 0.0531. The van der Waals surface area contributed by atoms with Crippen LogP contribution in [0.15, 0.2) is 76.5 Å². The summed E-state index contributed by atoms with van der Waals surface area (Å²) in [6.07, 6.45) is 2.37. The predicted molar refractivity (Wildman–Crippen MR) is 148 cm³/mol. The van der Waals surface area contributed by atoms with Crippen molar-refractivity contribution in [2.75, 3.05) is 39.1 Å². The van der Waals surface area contributed by atoms with Gasteiger partial charge in [0.05, 0.1) is 22.0 Å². The summed E-state index contributed by atoms with van der Waals surface area (Å²) in [5.41, 5.74) is -0.365. The standard InChI is InChI=1S/C28H34N2O7S2/c1-38(32,33)26-10-7-25(8-11-26)36-20-24(31)18-29-23-17-28(37-19-23)12-14-30(15-13-28)39(34,35)27-9-6-21-4-2-3-5-22(21)16-27/h2-11,16,23-24,29,31H,12-15,17-20H2,1H3. The topological polar surface area (TPSA) is 122 Å². The van der Waals surface area contributed by atoms with E-state index in [4.69, 9.17) is 9.47 Å². The number of nitrogens with zero attached hydrogens (tertiary/aromatic N) is 1. The molecule has 3 aromatic rings. The molecule has 2 aliphatic rings. The van der Waals surface area contributed by atoms with E-state index in [0.717, 1.165) is 23.4 Å². The molecule has 2 heterocycles. The van der Waals surface area contributed by atoms with Crippen LogP contribution in [0.2, 0.25) is 0 Å². The Hall–Kier alpha value is -2.54. The van der Waals surface area contributed by atoms with E-state index in [9.17, 15) is 21.9 Å². The van der Waals surface area contributed by atoms with Crippen molar-refractivity contribution in [3.8, 4) is 5.75 Å². The van der Waals surface area contributed by atoms with Crippen LogP contribution < -0.4 is 10.1 Å². The van der Waals surface area contributed by atoms with Gasteiger partial charge in [-0.3, -0.25) is 0 Å². The lowest BCUT2D eigenvalue weighted by atomic mass is 9.88. The third-order valence-corrected chi connectivity index (χ3v) is 10.6. The van der Waals surface area contributed by atoms with Gasteiger partial charge in [0.25, 0.3) is 0 Å². The van der Waals surface area contributed by atoms with E-state index >= 15 is 0 Å². The molecule has 39 heavy (non-hydrogen) atoms. The average molecular weight is 575 g/mol. The van der Waals surface area contributed by atoms with Crippen LogP contribution in [0.1, 0.15) is 19.3 Å². The molecule has 2 unspecified atom stereocenters. The Morgan fingerprint density at radius 2 is 1.67 bits per heavy atom. The van der Waals surface area contributed by atoms with Crippen LogP contribution >= 0.6 is 0 Å². The van der Waals surface area contributed by atoms with Gasteiger partial charge in [-0.15, -0.1) is 0 Å². The fraction of sp³-hybridized carbons (Fsp3) is 0.429. The predicted octanol–water partition coefficient (Wildman–Crippen LogP) is 2.59. The first-order chi connectivity index (χ1) is 18.5. The van der Waals surface area contributed by atoms with Gasteiger partial charge in [0, 0.05) is 31.9 Å². The molecular weight excluding hydrogens is 540 g/mol. The Morgan fingerprint density at radius 1 is 1.00 bits per heavy atom. The van der Waals surface area contributed by atoms with Crippen molar-refractivity contribution in [1.29, 1.82) is 0 Å². The van der Waals surface area contributed by atoms with Gasteiger partial charge < -0.3 is 19.9 Å². The first kappa shape index (κ1) is 28.0. The Balaban J connectivity index is 1.08. The van der Waals surface area contributed by atoms with E-state index in [1.165, 1.54) is 12.1 Å². The van der Waals surface area contributed by atoms with Crippen molar-refractivity contribution in [1.82, 2.24) is 9.62 Å². The van der Waals surface area contributed by atoms with Crippen LogP contribution in [-0.2, 0) is 24.6 Å². The third-order valence-electron chi connectivity index (χ3n) is 7.54. The van der Waals surface area contributed by atoms with Gasteiger partial charge in [-0.05, 0) is 66.4 Å². The molecule has 3 aromatic carbocycles. The zero-order valence-corrected chi connectivity index (χ0v) is 23.5. The van der Waals surface area contributed by atoms with Crippen LogP contribution in [0.3, 0.4) is 0 Å². The maximum atomic E-state index is 13.3. The molecule has 5 rings (SSSR count). The van der Waals surface area contributed by atoms with Crippen LogP contribution in [0.25, 0.3) is 10.8 Å². The van der Waals surface area contributed by atoms with Gasteiger partial charge in [0.15, 0.2) is 9.84 Å². The Labute approximate surface area is 229 Å². The quantitative estimate of drug-likeness (QED) is 0.400. The van der Waals surface area contributed by atoms with Crippen LogP contribution in [-0.4, -0.2) is 83.1 Å². The second-order valence-electron chi connectivity index (χ2n) is 10.4. The normalized spacial score (nSPS) is 20.8. The number of aliphatic hydroxyl groups excluding tert-OH is 1. The van der Waals surface area contributed by atoms with Crippen molar-refractivity contribution in [3.05, 3.63) is 66.7 Å². The van der Waals surface area contributed by atoms with E-state index in [1.807, 2.05) is 30.3 Å². The minimum atomic E-state index is -3.59. The Morgan fingerprint density at radius 3 is 2.36 bits per heavy atom. The number of sulfone groups is 1. The largest absolute Gasteiger partial charge is 0.491 e. The van der Waals surface area contributed by atoms with Crippen molar-refractivity contribution >= 4 is 30.6 Å². The molecule has 0 amide bonds. The molecule has 2 saturated heterocycles. The number of nitrogens with one attached hydrogen (secondary N) is 1. The minimum Gasteiger partial charge on any atom is -0.491 e. The Bertz CT molecular complexity index is 1520. The summed E-state index contributed by atoms with van der Waals surface area (Å²) in [4.78, 5) is 0.524. The molecule has 9 nitrogen and oxygen atoms in total. The molecule has 0 aliphatic carbocycles. The second kappa shape index (κ2) is 11.1. The average Bonchev–Trinajstić information content (AvgIpc) is 3.32. The lowest BCUT2D eigenvalue weighted by molar-refractivity contribution is -0.0312. The van der Waals surface area contributed by atoms with Crippen molar-refractivity contribution in [2.24, 2.45) is 0 Å². The molecule has 2 atom stereocenters. The highest BCUT2D eigenvalue weighted by Crippen LogP contribution is 2.37. The monoisotopic (exact) mass is 574 g/mol. The molecule has 0 bridgehead atoms. The number of fused-ring (bicyclic) bond motifs is 1. The van der Waals surface area contributed by atoms with Gasteiger partial charge in [-0.25, -0.2) is 16.8 Å². The molecule has 11 heteroatoms. The molecule has 210 valence electrons. The molecule has 2 fully saturated rings. The number of ether oxygens (including phenoxy) is 2. The highest BCUT2D eigenvalue weighted by Gasteiger charge is 2.44.